The number of fused-ring (bicyclic) bond motifs is 1. The van der Waals surface area contributed by atoms with Gasteiger partial charge < -0.3 is 9.47 Å². The van der Waals surface area contributed by atoms with Crippen LogP contribution in [0.1, 0.15) is 23.9 Å². The number of rotatable bonds is 8. The summed E-state index contributed by atoms with van der Waals surface area (Å²) in [5, 5.41) is 15.7. The molecule has 4 aromatic rings. The lowest BCUT2D eigenvalue weighted by Gasteiger charge is -2.15. The van der Waals surface area contributed by atoms with E-state index >= 15 is 0 Å². The molecule has 0 aliphatic rings. The molecule has 4 rings (SSSR count). The molecule has 0 bridgehead atoms. The lowest BCUT2D eigenvalue weighted by atomic mass is 10.2. The molecule has 0 amide bonds. The van der Waals surface area contributed by atoms with Gasteiger partial charge in [-0.25, -0.2) is 4.98 Å². The van der Waals surface area contributed by atoms with Crippen molar-refractivity contribution in [3.05, 3.63) is 100 Å². The minimum atomic E-state index is -0.441. The van der Waals surface area contributed by atoms with Crippen molar-refractivity contribution in [1.82, 2.24) is 9.66 Å². The zero-order chi connectivity index (χ0) is 25.8. The van der Waals surface area contributed by atoms with Crippen molar-refractivity contribution in [2.75, 3.05) is 6.61 Å². The van der Waals surface area contributed by atoms with Crippen LogP contribution < -0.4 is 15.0 Å². The first-order chi connectivity index (χ1) is 17.3. The van der Waals surface area contributed by atoms with Crippen LogP contribution in [0.4, 0.5) is 5.69 Å². The maximum Gasteiger partial charge on any atom is 0.282 e. The number of aromatic nitrogens is 2. The summed E-state index contributed by atoms with van der Waals surface area (Å²) in [6.07, 6.45) is 1.57. The average molecular weight is 663 g/mol. The number of nitro groups is 1. The van der Waals surface area contributed by atoms with Crippen molar-refractivity contribution in [1.29, 1.82) is 0 Å². The van der Waals surface area contributed by atoms with Crippen molar-refractivity contribution >= 4 is 61.3 Å². The minimum Gasteiger partial charge on any atom is -0.490 e. The van der Waals surface area contributed by atoms with Gasteiger partial charge in [-0.2, -0.15) is 9.78 Å². The van der Waals surface area contributed by atoms with Crippen LogP contribution in [0.25, 0.3) is 10.9 Å². The predicted octanol–water partition coefficient (Wildman–Crippen LogP) is 5.84. The van der Waals surface area contributed by atoms with Gasteiger partial charge in [-0.15, -0.1) is 0 Å². The van der Waals surface area contributed by atoms with Crippen LogP contribution in [-0.2, 0) is 6.61 Å². The smallest absolute Gasteiger partial charge is 0.282 e. The van der Waals surface area contributed by atoms with Crippen LogP contribution in [0.15, 0.2) is 69.0 Å². The van der Waals surface area contributed by atoms with Gasteiger partial charge in [-0.3, -0.25) is 14.9 Å². The summed E-state index contributed by atoms with van der Waals surface area (Å²) in [6, 6.07) is 15.2. The summed E-state index contributed by atoms with van der Waals surface area (Å²) in [6.45, 7) is 4.24. The second kappa shape index (κ2) is 11.2. The quantitative estimate of drug-likeness (QED) is 0.102. The van der Waals surface area contributed by atoms with Gasteiger partial charge in [0.25, 0.3) is 11.2 Å². The molecule has 9 nitrogen and oxygen atoms in total. The molecule has 0 aliphatic heterocycles. The first kappa shape index (κ1) is 25.8. The summed E-state index contributed by atoms with van der Waals surface area (Å²) >= 11 is 5.54. The Bertz CT molecular complexity index is 1540. The van der Waals surface area contributed by atoms with Gasteiger partial charge in [-0.1, -0.05) is 15.9 Å². The Morgan fingerprint density at radius 1 is 1.17 bits per heavy atom. The van der Waals surface area contributed by atoms with Gasteiger partial charge in [0, 0.05) is 16.6 Å². The van der Waals surface area contributed by atoms with Crippen LogP contribution in [0, 0.1) is 20.6 Å². The highest BCUT2D eigenvalue weighted by atomic mass is 127. The highest BCUT2D eigenvalue weighted by molar-refractivity contribution is 14.1. The van der Waals surface area contributed by atoms with E-state index in [0.717, 1.165) is 13.6 Å². The Kier molecular flexibility index (Phi) is 7.99. The Hall–Kier alpha value is -3.32. The second-order valence-corrected chi connectivity index (χ2v) is 9.74. The number of benzene rings is 3. The van der Waals surface area contributed by atoms with Gasteiger partial charge in [0.2, 0.25) is 0 Å². The lowest BCUT2D eigenvalue weighted by molar-refractivity contribution is -0.384. The number of halogens is 2. The maximum atomic E-state index is 13.0. The first-order valence-electron chi connectivity index (χ1n) is 10.8. The number of non-ortho nitro benzene ring substituents is 1. The third-order valence-electron chi connectivity index (χ3n) is 5.15. The molecule has 0 fully saturated rings. The van der Waals surface area contributed by atoms with Crippen molar-refractivity contribution in [2.45, 2.75) is 20.5 Å². The molecule has 0 saturated heterocycles. The number of hydrogen-bond acceptors (Lipinski definition) is 7. The highest BCUT2D eigenvalue weighted by Crippen LogP contribution is 2.34. The number of nitro benzene ring substituents is 1. The largest absolute Gasteiger partial charge is 0.490 e. The fourth-order valence-corrected chi connectivity index (χ4v) is 4.60. The van der Waals surface area contributed by atoms with E-state index in [2.05, 4.69) is 48.6 Å². The molecule has 0 saturated carbocycles. The van der Waals surface area contributed by atoms with E-state index in [9.17, 15) is 14.9 Å². The van der Waals surface area contributed by atoms with Crippen LogP contribution in [0.3, 0.4) is 0 Å². The monoisotopic (exact) mass is 662 g/mol. The third kappa shape index (κ3) is 5.73. The molecule has 3 aromatic carbocycles. The zero-order valence-corrected chi connectivity index (χ0v) is 23.0. The maximum absolute atomic E-state index is 13.0. The average Bonchev–Trinajstić information content (AvgIpc) is 2.84. The number of nitrogens with zero attached hydrogens (tertiary/aromatic N) is 4. The minimum absolute atomic E-state index is 0.0237. The second-order valence-electron chi connectivity index (χ2n) is 7.66. The summed E-state index contributed by atoms with van der Waals surface area (Å²) in [5.74, 6) is 1.55. The number of hydrogen-bond donors (Lipinski definition) is 0. The molecule has 0 N–H and O–H groups in total. The predicted molar refractivity (Wildman–Crippen MR) is 149 cm³/mol. The van der Waals surface area contributed by atoms with Crippen molar-refractivity contribution in [2.24, 2.45) is 5.10 Å². The van der Waals surface area contributed by atoms with Crippen LogP contribution >= 0.6 is 38.5 Å². The fraction of sp³-hybridized carbons (Fsp3) is 0.160. The Morgan fingerprint density at radius 2 is 1.92 bits per heavy atom. The van der Waals surface area contributed by atoms with Gasteiger partial charge in [0.1, 0.15) is 12.4 Å². The molecular weight excluding hydrogens is 643 g/mol. The summed E-state index contributed by atoms with van der Waals surface area (Å²) in [4.78, 5) is 27.9. The van der Waals surface area contributed by atoms with Crippen LogP contribution in [-0.4, -0.2) is 27.4 Å². The Morgan fingerprint density at radius 3 is 2.61 bits per heavy atom. The van der Waals surface area contributed by atoms with E-state index in [1.54, 1.807) is 43.5 Å². The summed E-state index contributed by atoms with van der Waals surface area (Å²) < 4.78 is 14.6. The Labute approximate surface area is 228 Å². The van der Waals surface area contributed by atoms with Crippen molar-refractivity contribution in [3.8, 4) is 11.5 Å². The van der Waals surface area contributed by atoms with Crippen LogP contribution in [0.2, 0.25) is 0 Å². The standard InChI is InChI=1S/C25H20BrIN4O5/c1-3-35-23-11-17(10-21(27)24(23)36-14-16-4-7-19(8-5-16)31(33)34)13-28-30-15(2)29-22-9-6-18(26)12-20(22)25(30)32/h4-13H,3,14H2,1-2H3. The third-order valence-corrected chi connectivity index (χ3v) is 6.45. The van der Waals surface area contributed by atoms with E-state index in [0.29, 0.717) is 40.4 Å². The molecule has 1 aromatic heterocycles. The van der Waals surface area contributed by atoms with Gasteiger partial charge >= 0.3 is 0 Å². The number of ether oxygens (including phenoxy) is 2. The van der Waals surface area contributed by atoms with Gasteiger partial charge in [0.15, 0.2) is 11.5 Å². The number of aryl methyl sites for hydroxylation is 1. The van der Waals surface area contributed by atoms with E-state index < -0.39 is 4.92 Å². The SMILES string of the molecule is CCOc1cc(C=Nn2c(C)nc3ccc(Br)cc3c2=O)cc(I)c1OCc1ccc([N+](=O)[O-])cc1. The van der Waals surface area contributed by atoms with Gasteiger partial charge in [0.05, 0.1) is 32.2 Å². The van der Waals surface area contributed by atoms with Gasteiger partial charge in [-0.05, 0) is 90.0 Å². The summed E-state index contributed by atoms with van der Waals surface area (Å²) in [7, 11) is 0. The molecule has 11 heteroatoms. The van der Waals surface area contributed by atoms with Crippen molar-refractivity contribution < 1.29 is 14.4 Å². The van der Waals surface area contributed by atoms with E-state index in [1.165, 1.54) is 16.8 Å². The molecule has 184 valence electrons. The molecule has 0 radical (unpaired) electrons. The van der Waals surface area contributed by atoms with Crippen LogP contribution in [0.5, 0.6) is 11.5 Å². The molecule has 0 unspecified atom stereocenters. The molecule has 0 spiro atoms. The Balaban J connectivity index is 1.62. The topological polar surface area (TPSA) is 109 Å². The molecular formula is C25H20BrIN4O5. The molecule has 1 heterocycles. The molecule has 0 aliphatic carbocycles. The fourth-order valence-electron chi connectivity index (χ4n) is 3.46. The van der Waals surface area contributed by atoms with E-state index in [4.69, 9.17) is 9.47 Å². The molecule has 0 atom stereocenters. The summed E-state index contributed by atoms with van der Waals surface area (Å²) in [5.41, 5.74) is 1.87. The lowest BCUT2D eigenvalue weighted by Crippen LogP contribution is -2.20. The van der Waals surface area contributed by atoms with Crippen molar-refractivity contribution in [3.63, 3.8) is 0 Å². The first-order valence-corrected chi connectivity index (χ1v) is 12.7. The normalized spacial score (nSPS) is 11.2. The zero-order valence-electron chi connectivity index (χ0n) is 19.3. The van der Waals surface area contributed by atoms with E-state index in [-0.39, 0.29) is 17.9 Å². The van der Waals surface area contributed by atoms with E-state index in [1.807, 2.05) is 19.1 Å². The molecule has 36 heavy (non-hydrogen) atoms. The highest BCUT2D eigenvalue weighted by Gasteiger charge is 2.14.